The second-order valence-corrected chi connectivity index (χ2v) is 5.78. The van der Waals surface area contributed by atoms with Crippen molar-refractivity contribution in [1.29, 1.82) is 0 Å². The number of pyridine rings is 1. The number of rotatable bonds is 3. The second kappa shape index (κ2) is 6.29. The molecule has 0 N–H and O–H groups in total. The van der Waals surface area contributed by atoms with Crippen molar-refractivity contribution < 1.29 is 4.74 Å². The van der Waals surface area contributed by atoms with Crippen molar-refractivity contribution in [2.75, 3.05) is 0 Å². The summed E-state index contributed by atoms with van der Waals surface area (Å²) in [6.45, 7) is 0. The summed E-state index contributed by atoms with van der Waals surface area (Å²) in [5, 5.41) is 0.566. The highest BCUT2D eigenvalue weighted by Gasteiger charge is 2.06. The van der Waals surface area contributed by atoms with Gasteiger partial charge in [0.2, 0.25) is 0 Å². The summed E-state index contributed by atoms with van der Waals surface area (Å²) in [5.41, 5.74) is 2.18. The van der Waals surface area contributed by atoms with Crippen LogP contribution in [0.5, 0.6) is 11.5 Å². The molecular formula is C17H11BrClNO. The van der Waals surface area contributed by atoms with Crippen LogP contribution in [0.4, 0.5) is 0 Å². The fourth-order valence-electron chi connectivity index (χ4n) is 1.97. The van der Waals surface area contributed by atoms with Crippen LogP contribution in [0.3, 0.4) is 0 Å². The van der Waals surface area contributed by atoms with Gasteiger partial charge in [-0.3, -0.25) is 4.98 Å². The van der Waals surface area contributed by atoms with E-state index in [-0.39, 0.29) is 0 Å². The van der Waals surface area contributed by atoms with Crippen molar-refractivity contribution in [2.24, 2.45) is 0 Å². The highest BCUT2D eigenvalue weighted by Crippen LogP contribution is 2.33. The molecule has 0 spiro atoms. The Morgan fingerprint density at radius 3 is 2.43 bits per heavy atom. The molecule has 2 nitrogen and oxygen atoms in total. The quantitative estimate of drug-likeness (QED) is 0.575. The van der Waals surface area contributed by atoms with Crippen molar-refractivity contribution in [3.63, 3.8) is 0 Å². The lowest BCUT2D eigenvalue weighted by Crippen LogP contribution is -1.87. The van der Waals surface area contributed by atoms with E-state index in [9.17, 15) is 0 Å². The van der Waals surface area contributed by atoms with Gasteiger partial charge in [-0.1, -0.05) is 48.0 Å². The Hall–Kier alpha value is -1.84. The zero-order valence-corrected chi connectivity index (χ0v) is 13.3. The molecule has 0 fully saturated rings. The minimum absolute atomic E-state index is 0.566. The van der Waals surface area contributed by atoms with E-state index >= 15 is 0 Å². The number of hydrogen-bond donors (Lipinski definition) is 0. The molecule has 0 aliphatic heterocycles. The summed E-state index contributed by atoms with van der Waals surface area (Å²) in [4.78, 5) is 4.06. The first-order valence-corrected chi connectivity index (χ1v) is 7.53. The van der Waals surface area contributed by atoms with Gasteiger partial charge in [-0.2, -0.15) is 0 Å². The SMILES string of the molecule is Clc1cc(-c2ccccc2)ccc1Oc1cncc(Br)c1. The highest BCUT2D eigenvalue weighted by molar-refractivity contribution is 9.10. The van der Waals surface area contributed by atoms with Crippen LogP contribution in [0.2, 0.25) is 5.02 Å². The normalized spacial score (nSPS) is 10.4. The van der Waals surface area contributed by atoms with Gasteiger partial charge in [0.1, 0.15) is 11.5 Å². The first kappa shape index (κ1) is 14.1. The lowest BCUT2D eigenvalue weighted by molar-refractivity contribution is 0.480. The first-order chi connectivity index (χ1) is 10.2. The number of halogens is 2. The Bertz CT molecular complexity index is 762. The molecule has 0 radical (unpaired) electrons. The Kier molecular flexibility index (Phi) is 4.23. The molecule has 104 valence electrons. The third-order valence-electron chi connectivity index (χ3n) is 2.95. The third-order valence-corrected chi connectivity index (χ3v) is 3.68. The molecule has 4 heteroatoms. The molecule has 3 rings (SSSR count). The lowest BCUT2D eigenvalue weighted by Gasteiger charge is -2.09. The van der Waals surface area contributed by atoms with Gasteiger partial charge in [0.25, 0.3) is 0 Å². The fourth-order valence-corrected chi connectivity index (χ4v) is 2.53. The average molecular weight is 361 g/mol. The molecule has 0 amide bonds. The summed E-state index contributed by atoms with van der Waals surface area (Å²) in [6.07, 6.45) is 3.35. The largest absolute Gasteiger partial charge is 0.454 e. The van der Waals surface area contributed by atoms with E-state index in [1.165, 1.54) is 0 Å². The summed E-state index contributed by atoms with van der Waals surface area (Å²) in [7, 11) is 0. The van der Waals surface area contributed by atoms with Crippen LogP contribution in [0.15, 0.2) is 71.5 Å². The van der Waals surface area contributed by atoms with E-state index in [1.807, 2.05) is 54.6 Å². The molecule has 0 atom stereocenters. The van der Waals surface area contributed by atoms with Crippen LogP contribution in [0.1, 0.15) is 0 Å². The molecule has 21 heavy (non-hydrogen) atoms. The molecule has 0 aliphatic carbocycles. The van der Waals surface area contributed by atoms with E-state index in [0.717, 1.165) is 15.6 Å². The van der Waals surface area contributed by atoms with Crippen LogP contribution >= 0.6 is 27.5 Å². The Morgan fingerprint density at radius 1 is 0.905 bits per heavy atom. The van der Waals surface area contributed by atoms with Gasteiger partial charge in [-0.25, -0.2) is 0 Å². The topological polar surface area (TPSA) is 22.1 Å². The molecule has 0 saturated carbocycles. The minimum atomic E-state index is 0.566. The minimum Gasteiger partial charge on any atom is -0.454 e. The Balaban J connectivity index is 1.88. The number of hydrogen-bond acceptors (Lipinski definition) is 2. The van der Waals surface area contributed by atoms with Gasteiger partial charge in [0.05, 0.1) is 11.2 Å². The predicted octanol–water partition coefficient (Wildman–Crippen LogP) is 5.96. The zero-order chi connectivity index (χ0) is 14.7. The highest BCUT2D eigenvalue weighted by atomic mass is 79.9. The summed E-state index contributed by atoms with van der Waals surface area (Å²) < 4.78 is 6.61. The van der Waals surface area contributed by atoms with Gasteiger partial charge in [-0.05, 0) is 45.3 Å². The summed E-state index contributed by atoms with van der Waals surface area (Å²) >= 11 is 9.67. The van der Waals surface area contributed by atoms with Crippen LogP contribution in [-0.2, 0) is 0 Å². The van der Waals surface area contributed by atoms with Crippen molar-refractivity contribution in [2.45, 2.75) is 0 Å². The van der Waals surface area contributed by atoms with E-state index in [1.54, 1.807) is 12.4 Å². The van der Waals surface area contributed by atoms with E-state index < -0.39 is 0 Å². The number of nitrogens with zero attached hydrogens (tertiary/aromatic N) is 1. The molecular weight excluding hydrogens is 350 g/mol. The molecule has 2 aromatic carbocycles. The van der Waals surface area contributed by atoms with Gasteiger partial charge >= 0.3 is 0 Å². The smallest absolute Gasteiger partial charge is 0.146 e. The van der Waals surface area contributed by atoms with Crippen LogP contribution in [0, 0.1) is 0 Å². The van der Waals surface area contributed by atoms with Crippen LogP contribution in [-0.4, -0.2) is 4.98 Å². The van der Waals surface area contributed by atoms with Gasteiger partial charge in [0, 0.05) is 10.7 Å². The molecule has 0 saturated heterocycles. The monoisotopic (exact) mass is 359 g/mol. The lowest BCUT2D eigenvalue weighted by atomic mass is 10.1. The molecule has 3 aromatic rings. The maximum Gasteiger partial charge on any atom is 0.146 e. The van der Waals surface area contributed by atoms with Crippen molar-refractivity contribution in [3.05, 3.63) is 76.5 Å². The van der Waals surface area contributed by atoms with E-state index in [4.69, 9.17) is 16.3 Å². The van der Waals surface area contributed by atoms with E-state index in [0.29, 0.717) is 16.5 Å². The molecule has 1 aromatic heterocycles. The number of benzene rings is 2. The second-order valence-electron chi connectivity index (χ2n) is 4.45. The fraction of sp³-hybridized carbons (Fsp3) is 0. The first-order valence-electron chi connectivity index (χ1n) is 6.36. The van der Waals surface area contributed by atoms with E-state index in [2.05, 4.69) is 20.9 Å². The van der Waals surface area contributed by atoms with Gasteiger partial charge in [-0.15, -0.1) is 0 Å². The maximum absolute atomic E-state index is 6.31. The zero-order valence-electron chi connectivity index (χ0n) is 11.0. The third kappa shape index (κ3) is 3.43. The summed E-state index contributed by atoms with van der Waals surface area (Å²) in [6, 6.07) is 17.7. The molecule has 1 heterocycles. The predicted molar refractivity (Wildman–Crippen MR) is 88.9 cm³/mol. The molecule has 0 aliphatic rings. The van der Waals surface area contributed by atoms with Crippen molar-refractivity contribution in [1.82, 2.24) is 4.98 Å². The van der Waals surface area contributed by atoms with Crippen molar-refractivity contribution >= 4 is 27.5 Å². The van der Waals surface area contributed by atoms with Crippen molar-refractivity contribution in [3.8, 4) is 22.6 Å². The maximum atomic E-state index is 6.31. The molecule has 0 bridgehead atoms. The van der Waals surface area contributed by atoms with Gasteiger partial charge < -0.3 is 4.74 Å². The van der Waals surface area contributed by atoms with Crippen LogP contribution < -0.4 is 4.74 Å². The molecule has 0 unspecified atom stereocenters. The number of ether oxygens (including phenoxy) is 1. The average Bonchev–Trinajstić information content (AvgIpc) is 2.50. The Labute approximate surface area is 136 Å². The van der Waals surface area contributed by atoms with Gasteiger partial charge in [0.15, 0.2) is 0 Å². The standard InChI is InChI=1S/C17H11BrClNO/c18-14-9-15(11-20-10-14)21-17-7-6-13(8-16(17)19)12-4-2-1-3-5-12/h1-11H. The van der Waals surface area contributed by atoms with Crippen LogP contribution in [0.25, 0.3) is 11.1 Å². The Morgan fingerprint density at radius 2 is 1.71 bits per heavy atom. The number of aromatic nitrogens is 1. The summed E-state index contributed by atoms with van der Waals surface area (Å²) in [5.74, 6) is 1.25.